The molecule has 1 aromatic rings. The average Bonchev–Trinajstić information content (AvgIpc) is 2.33. The second kappa shape index (κ2) is 5.47. The normalized spacial score (nSPS) is 24.8. The first-order chi connectivity index (χ1) is 8.58. The number of benzene rings is 1. The molecule has 0 amide bonds. The van der Waals surface area contributed by atoms with Crippen LogP contribution in [0, 0.1) is 23.1 Å². The summed E-state index contributed by atoms with van der Waals surface area (Å²) in [7, 11) is 0. The van der Waals surface area contributed by atoms with E-state index in [0.29, 0.717) is 24.6 Å². The molecule has 0 saturated carbocycles. The first-order valence-corrected chi connectivity index (χ1v) is 6.18. The minimum atomic E-state index is -0.380. The molecule has 0 radical (unpaired) electrons. The minimum Gasteiger partial charge on any atom is -0.392 e. The summed E-state index contributed by atoms with van der Waals surface area (Å²) >= 11 is 0. The maximum atomic E-state index is 13.3. The van der Waals surface area contributed by atoms with Gasteiger partial charge in [0.2, 0.25) is 0 Å². The molecule has 1 N–H and O–H groups in total. The molecule has 1 fully saturated rings. The predicted molar refractivity (Wildman–Crippen MR) is 66.2 cm³/mol. The largest absolute Gasteiger partial charge is 0.392 e. The van der Waals surface area contributed by atoms with E-state index in [4.69, 9.17) is 5.26 Å². The Balaban J connectivity index is 2.06. The smallest absolute Gasteiger partial charge is 0.124 e. The fraction of sp³-hybridized carbons (Fsp3) is 0.500. The van der Waals surface area contributed by atoms with Crippen LogP contribution in [0.5, 0.6) is 0 Å². The molecule has 18 heavy (non-hydrogen) atoms. The third kappa shape index (κ3) is 3.06. The van der Waals surface area contributed by atoms with Crippen LogP contribution in [0.3, 0.4) is 0 Å². The molecule has 1 aliphatic heterocycles. The van der Waals surface area contributed by atoms with Crippen molar-refractivity contribution in [2.24, 2.45) is 5.92 Å². The van der Waals surface area contributed by atoms with Crippen molar-refractivity contribution in [2.45, 2.75) is 26.0 Å². The lowest BCUT2D eigenvalue weighted by molar-refractivity contribution is 0.0259. The van der Waals surface area contributed by atoms with Gasteiger partial charge in [0, 0.05) is 13.1 Å². The predicted octanol–water partition coefficient (Wildman–Crippen LogP) is 1.90. The summed E-state index contributed by atoms with van der Waals surface area (Å²) in [5.41, 5.74) is 1.13. The molecule has 0 bridgehead atoms. The highest BCUT2D eigenvalue weighted by molar-refractivity contribution is 5.33. The quantitative estimate of drug-likeness (QED) is 0.869. The number of hydrogen-bond donors (Lipinski definition) is 1. The summed E-state index contributed by atoms with van der Waals surface area (Å²) in [6, 6.07) is 6.34. The van der Waals surface area contributed by atoms with Crippen LogP contribution < -0.4 is 0 Å². The highest BCUT2D eigenvalue weighted by atomic mass is 19.1. The van der Waals surface area contributed by atoms with E-state index < -0.39 is 0 Å². The first-order valence-electron chi connectivity index (χ1n) is 6.18. The van der Waals surface area contributed by atoms with Crippen LogP contribution in [-0.2, 0) is 6.54 Å². The van der Waals surface area contributed by atoms with Crippen molar-refractivity contribution < 1.29 is 9.50 Å². The molecule has 3 nitrogen and oxygen atoms in total. The second-order valence-corrected chi connectivity index (χ2v) is 5.03. The number of aliphatic hydroxyl groups is 1. The molecule has 1 heterocycles. The van der Waals surface area contributed by atoms with Gasteiger partial charge in [0.25, 0.3) is 0 Å². The molecular weight excluding hydrogens is 231 g/mol. The third-order valence-corrected chi connectivity index (χ3v) is 3.50. The zero-order chi connectivity index (χ0) is 13.1. The molecule has 96 valence electrons. The molecule has 1 aromatic carbocycles. The van der Waals surface area contributed by atoms with E-state index in [1.54, 1.807) is 6.07 Å². The lowest BCUT2D eigenvalue weighted by atomic mass is 9.95. The third-order valence-electron chi connectivity index (χ3n) is 3.50. The second-order valence-electron chi connectivity index (χ2n) is 5.03. The summed E-state index contributed by atoms with van der Waals surface area (Å²) in [5.74, 6) is -0.0570. The van der Waals surface area contributed by atoms with E-state index >= 15 is 0 Å². The molecule has 4 heteroatoms. The fourth-order valence-electron chi connectivity index (χ4n) is 2.32. The van der Waals surface area contributed by atoms with Gasteiger partial charge in [-0.25, -0.2) is 4.39 Å². The molecule has 2 unspecified atom stereocenters. The summed E-state index contributed by atoms with van der Waals surface area (Å²) in [6.07, 6.45) is 0.629. The van der Waals surface area contributed by atoms with Crippen molar-refractivity contribution in [1.82, 2.24) is 4.90 Å². The zero-order valence-corrected chi connectivity index (χ0v) is 10.4. The lowest BCUT2D eigenvalue weighted by Crippen LogP contribution is -2.42. The number of hydrogen-bond acceptors (Lipinski definition) is 3. The van der Waals surface area contributed by atoms with Crippen LogP contribution in [0.25, 0.3) is 0 Å². The van der Waals surface area contributed by atoms with E-state index in [1.807, 2.05) is 13.0 Å². The Bertz CT molecular complexity index is 469. The molecular formula is C14H17FN2O. The SMILES string of the molecule is CC1CCN(Cc2cc(F)cc(C#N)c2)CC1O. The monoisotopic (exact) mass is 248 g/mol. The van der Waals surface area contributed by atoms with E-state index in [0.717, 1.165) is 18.5 Å². The van der Waals surface area contributed by atoms with Gasteiger partial charge < -0.3 is 5.11 Å². The standard InChI is InChI=1S/C14H17FN2O/c1-10-2-3-17(9-14(10)18)8-12-4-11(7-16)5-13(15)6-12/h4-6,10,14,18H,2-3,8-9H2,1H3. The number of β-amino-alcohol motifs (C(OH)–C–C–N with tert-alkyl or cyclic N) is 1. The van der Waals surface area contributed by atoms with Gasteiger partial charge >= 0.3 is 0 Å². The van der Waals surface area contributed by atoms with Crippen LogP contribution >= 0.6 is 0 Å². The molecule has 1 aliphatic rings. The van der Waals surface area contributed by atoms with Gasteiger partial charge in [-0.15, -0.1) is 0 Å². The average molecular weight is 248 g/mol. The Hall–Kier alpha value is -1.44. The molecule has 1 saturated heterocycles. The molecule has 2 atom stereocenters. The number of rotatable bonds is 2. The van der Waals surface area contributed by atoms with Crippen LogP contribution in [0.2, 0.25) is 0 Å². The molecule has 2 rings (SSSR count). The van der Waals surface area contributed by atoms with Crippen LogP contribution in [-0.4, -0.2) is 29.2 Å². The van der Waals surface area contributed by atoms with Crippen molar-refractivity contribution >= 4 is 0 Å². The number of aliphatic hydroxyl groups excluding tert-OH is 1. The molecule has 0 spiro atoms. The lowest BCUT2D eigenvalue weighted by Gasteiger charge is -2.34. The maximum Gasteiger partial charge on any atom is 0.124 e. The van der Waals surface area contributed by atoms with Crippen LogP contribution in [0.15, 0.2) is 18.2 Å². The van der Waals surface area contributed by atoms with Gasteiger partial charge in [-0.1, -0.05) is 6.92 Å². The number of halogens is 1. The van der Waals surface area contributed by atoms with E-state index in [9.17, 15) is 9.50 Å². The van der Waals surface area contributed by atoms with Crippen molar-refractivity contribution in [2.75, 3.05) is 13.1 Å². The number of nitriles is 1. The highest BCUT2D eigenvalue weighted by Gasteiger charge is 2.24. The van der Waals surface area contributed by atoms with Crippen molar-refractivity contribution in [3.8, 4) is 6.07 Å². The van der Waals surface area contributed by atoms with Gasteiger partial charge in [-0.3, -0.25) is 4.90 Å². The summed E-state index contributed by atoms with van der Waals surface area (Å²) in [4.78, 5) is 2.10. The summed E-state index contributed by atoms with van der Waals surface area (Å²) in [6.45, 7) is 4.13. The Labute approximate surface area is 106 Å². The van der Waals surface area contributed by atoms with Gasteiger partial charge in [0.05, 0.1) is 17.7 Å². The Morgan fingerprint density at radius 2 is 2.28 bits per heavy atom. The zero-order valence-electron chi connectivity index (χ0n) is 10.4. The Kier molecular flexibility index (Phi) is 3.95. The minimum absolute atomic E-state index is 0.317. The van der Waals surface area contributed by atoms with E-state index in [2.05, 4.69) is 4.90 Å². The van der Waals surface area contributed by atoms with Crippen molar-refractivity contribution in [3.63, 3.8) is 0 Å². The van der Waals surface area contributed by atoms with Crippen molar-refractivity contribution in [1.29, 1.82) is 5.26 Å². The highest BCUT2D eigenvalue weighted by Crippen LogP contribution is 2.19. The van der Waals surface area contributed by atoms with Gasteiger partial charge in [0.15, 0.2) is 0 Å². The van der Waals surface area contributed by atoms with Gasteiger partial charge in [-0.2, -0.15) is 5.26 Å². The summed E-state index contributed by atoms with van der Waals surface area (Å²) < 4.78 is 13.3. The number of nitrogens with zero attached hydrogens (tertiary/aromatic N) is 2. The molecule has 0 aliphatic carbocycles. The van der Waals surface area contributed by atoms with Crippen LogP contribution in [0.4, 0.5) is 4.39 Å². The fourth-order valence-corrected chi connectivity index (χ4v) is 2.32. The van der Waals surface area contributed by atoms with Gasteiger partial charge in [-0.05, 0) is 42.6 Å². The summed E-state index contributed by atoms with van der Waals surface area (Å²) in [5, 5.41) is 18.6. The number of likely N-dealkylation sites (tertiary alicyclic amines) is 1. The van der Waals surface area contributed by atoms with E-state index in [1.165, 1.54) is 12.1 Å². The Morgan fingerprint density at radius 1 is 1.50 bits per heavy atom. The van der Waals surface area contributed by atoms with Crippen molar-refractivity contribution in [3.05, 3.63) is 35.1 Å². The number of piperidine rings is 1. The molecule has 0 aromatic heterocycles. The van der Waals surface area contributed by atoms with Gasteiger partial charge in [0.1, 0.15) is 5.82 Å². The topological polar surface area (TPSA) is 47.3 Å². The Morgan fingerprint density at radius 3 is 2.94 bits per heavy atom. The maximum absolute atomic E-state index is 13.3. The van der Waals surface area contributed by atoms with Crippen LogP contribution in [0.1, 0.15) is 24.5 Å². The van der Waals surface area contributed by atoms with E-state index in [-0.39, 0.29) is 11.9 Å². The first kappa shape index (κ1) is 13.0.